The molecule has 27 heavy (non-hydrogen) atoms. The molecule has 0 radical (unpaired) electrons. The molecule has 1 aromatic heterocycles. The Morgan fingerprint density at radius 3 is 2.19 bits per heavy atom. The van der Waals surface area contributed by atoms with Gasteiger partial charge in [0, 0.05) is 18.8 Å². The van der Waals surface area contributed by atoms with Crippen LogP contribution in [0.4, 0.5) is 17.5 Å². The highest BCUT2D eigenvalue weighted by molar-refractivity contribution is 5.58. The molecule has 5 heteroatoms. The first-order chi connectivity index (χ1) is 13.4. The van der Waals surface area contributed by atoms with Crippen molar-refractivity contribution in [2.45, 2.75) is 32.2 Å². The van der Waals surface area contributed by atoms with Crippen molar-refractivity contribution in [1.29, 1.82) is 0 Å². The molecule has 3 aromatic rings. The van der Waals surface area contributed by atoms with Crippen molar-refractivity contribution in [1.82, 2.24) is 15.2 Å². The second-order valence-corrected chi connectivity index (χ2v) is 6.92. The minimum absolute atomic E-state index is 0.645. The average molecular weight is 359 g/mol. The maximum absolute atomic E-state index is 4.89. The van der Waals surface area contributed by atoms with Gasteiger partial charge in [0.1, 0.15) is 0 Å². The van der Waals surface area contributed by atoms with E-state index in [2.05, 4.69) is 56.4 Å². The van der Waals surface area contributed by atoms with Crippen LogP contribution in [0.1, 0.15) is 31.2 Å². The Balaban J connectivity index is 1.66. The fraction of sp³-hybridized carbons (Fsp3) is 0.318. The SMILES string of the molecule is c1ccc(CN(c2ccccc2)c2nncc(N3CCCCCC3)n2)cc1. The van der Waals surface area contributed by atoms with Gasteiger partial charge in [-0.05, 0) is 30.5 Å². The third-order valence-corrected chi connectivity index (χ3v) is 4.96. The van der Waals surface area contributed by atoms with Gasteiger partial charge in [-0.25, -0.2) is 0 Å². The minimum atomic E-state index is 0.645. The van der Waals surface area contributed by atoms with Crippen LogP contribution in [0.3, 0.4) is 0 Å². The lowest BCUT2D eigenvalue weighted by molar-refractivity contribution is 0.726. The van der Waals surface area contributed by atoms with E-state index in [0.29, 0.717) is 12.5 Å². The zero-order chi connectivity index (χ0) is 18.3. The normalized spacial score (nSPS) is 14.6. The predicted octanol–water partition coefficient (Wildman–Crippen LogP) is 4.59. The van der Waals surface area contributed by atoms with Crippen LogP contribution in [-0.4, -0.2) is 28.3 Å². The van der Waals surface area contributed by atoms with E-state index in [1.165, 1.54) is 31.2 Å². The van der Waals surface area contributed by atoms with Gasteiger partial charge in [-0.3, -0.25) is 0 Å². The van der Waals surface area contributed by atoms with E-state index < -0.39 is 0 Å². The minimum Gasteiger partial charge on any atom is -0.355 e. The summed E-state index contributed by atoms with van der Waals surface area (Å²) in [5, 5.41) is 8.65. The van der Waals surface area contributed by atoms with Crippen molar-refractivity contribution in [3.63, 3.8) is 0 Å². The van der Waals surface area contributed by atoms with E-state index in [9.17, 15) is 0 Å². The van der Waals surface area contributed by atoms with Gasteiger partial charge >= 0.3 is 0 Å². The number of benzene rings is 2. The van der Waals surface area contributed by atoms with Gasteiger partial charge in [-0.15, -0.1) is 5.10 Å². The van der Waals surface area contributed by atoms with E-state index in [1.54, 1.807) is 6.20 Å². The Hall–Kier alpha value is -2.95. The molecular formula is C22H25N5. The maximum Gasteiger partial charge on any atom is 0.252 e. The van der Waals surface area contributed by atoms with E-state index in [1.807, 2.05) is 24.3 Å². The highest BCUT2D eigenvalue weighted by atomic mass is 15.3. The molecule has 0 unspecified atom stereocenters. The Labute approximate surface area is 160 Å². The van der Waals surface area contributed by atoms with Crippen LogP contribution in [0, 0.1) is 0 Å². The molecule has 0 N–H and O–H groups in total. The Kier molecular flexibility index (Phi) is 5.58. The third kappa shape index (κ3) is 4.42. The van der Waals surface area contributed by atoms with Crippen molar-refractivity contribution in [3.8, 4) is 0 Å². The molecule has 0 saturated carbocycles. The molecule has 0 bridgehead atoms. The molecule has 1 aliphatic rings. The van der Waals surface area contributed by atoms with Gasteiger partial charge in [-0.2, -0.15) is 10.1 Å². The van der Waals surface area contributed by atoms with Crippen LogP contribution in [0.5, 0.6) is 0 Å². The number of rotatable bonds is 5. The molecule has 0 amide bonds. The number of para-hydroxylation sites is 1. The van der Waals surface area contributed by atoms with E-state index in [4.69, 9.17) is 4.98 Å². The summed E-state index contributed by atoms with van der Waals surface area (Å²) in [6.45, 7) is 2.79. The summed E-state index contributed by atoms with van der Waals surface area (Å²) in [6, 6.07) is 20.7. The van der Waals surface area contributed by atoms with E-state index >= 15 is 0 Å². The van der Waals surface area contributed by atoms with Crippen LogP contribution in [-0.2, 0) is 6.54 Å². The molecule has 1 saturated heterocycles. The van der Waals surface area contributed by atoms with Crippen LogP contribution >= 0.6 is 0 Å². The molecule has 4 rings (SSSR count). The van der Waals surface area contributed by atoms with Crippen molar-refractivity contribution >= 4 is 17.5 Å². The lowest BCUT2D eigenvalue weighted by Crippen LogP contribution is -2.27. The van der Waals surface area contributed by atoms with Crippen LogP contribution in [0.25, 0.3) is 0 Å². The third-order valence-electron chi connectivity index (χ3n) is 4.96. The molecule has 2 aromatic carbocycles. The molecule has 138 valence electrons. The summed E-state index contributed by atoms with van der Waals surface area (Å²) in [5.41, 5.74) is 2.28. The first-order valence-corrected chi connectivity index (χ1v) is 9.71. The predicted molar refractivity (Wildman–Crippen MR) is 109 cm³/mol. The summed E-state index contributed by atoms with van der Waals surface area (Å²) < 4.78 is 0. The average Bonchev–Trinajstić information content (AvgIpc) is 3.03. The van der Waals surface area contributed by atoms with Crippen molar-refractivity contribution < 1.29 is 0 Å². The van der Waals surface area contributed by atoms with Crippen LogP contribution in [0.2, 0.25) is 0 Å². The molecule has 0 atom stereocenters. The summed E-state index contributed by atoms with van der Waals surface area (Å²) in [4.78, 5) is 9.36. The lowest BCUT2D eigenvalue weighted by atomic mass is 10.2. The summed E-state index contributed by atoms with van der Waals surface area (Å²) >= 11 is 0. The Morgan fingerprint density at radius 2 is 1.48 bits per heavy atom. The summed E-state index contributed by atoms with van der Waals surface area (Å²) in [7, 11) is 0. The Bertz CT molecular complexity index is 830. The van der Waals surface area contributed by atoms with Gasteiger partial charge in [0.15, 0.2) is 5.82 Å². The first-order valence-electron chi connectivity index (χ1n) is 9.71. The summed E-state index contributed by atoms with van der Waals surface area (Å²) in [5.74, 6) is 1.57. The zero-order valence-corrected chi connectivity index (χ0v) is 15.5. The maximum atomic E-state index is 4.89. The first kappa shape index (κ1) is 17.5. The second-order valence-electron chi connectivity index (χ2n) is 6.92. The van der Waals surface area contributed by atoms with Crippen molar-refractivity contribution in [2.24, 2.45) is 0 Å². The van der Waals surface area contributed by atoms with Gasteiger partial charge in [0.05, 0.1) is 12.7 Å². The number of aromatic nitrogens is 3. The molecule has 1 fully saturated rings. The Morgan fingerprint density at radius 1 is 0.815 bits per heavy atom. The quantitative estimate of drug-likeness (QED) is 0.667. The fourth-order valence-electron chi connectivity index (χ4n) is 3.50. The fourth-order valence-corrected chi connectivity index (χ4v) is 3.50. The van der Waals surface area contributed by atoms with E-state index in [0.717, 1.165) is 24.6 Å². The van der Waals surface area contributed by atoms with Crippen molar-refractivity contribution in [3.05, 3.63) is 72.4 Å². The highest BCUT2D eigenvalue weighted by Crippen LogP contribution is 2.26. The topological polar surface area (TPSA) is 45.2 Å². The number of hydrogen-bond donors (Lipinski definition) is 0. The molecule has 5 nitrogen and oxygen atoms in total. The van der Waals surface area contributed by atoms with Gasteiger partial charge < -0.3 is 9.80 Å². The molecule has 2 heterocycles. The largest absolute Gasteiger partial charge is 0.355 e. The smallest absolute Gasteiger partial charge is 0.252 e. The molecular weight excluding hydrogens is 334 g/mol. The van der Waals surface area contributed by atoms with Crippen LogP contribution < -0.4 is 9.80 Å². The number of nitrogens with zero attached hydrogens (tertiary/aromatic N) is 5. The summed E-state index contributed by atoms with van der Waals surface area (Å²) in [6.07, 6.45) is 6.82. The standard InChI is InChI=1S/C22H25N5/c1-2-10-16-26(15-9-1)21-17-23-25-22(24-21)27(20-13-7-4-8-14-20)18-19-11-5-3-6-12-19/h3-8,11-14,17H,1-2,9-10,15-16,18H2. The lowest BCUT2D eigenvalue weighted by Gasteiger charge is -2.25. The molecule has 1 aliphatic heterocycles. The highest BCUT2D eigenvalue weighted by Gasteiger charge is 2.17. The number of hydrogen-bond acceptors (Lipinski definition) is 5. The van der Waals surface area contributed by atoms with Crippen molar-refractivity contribution in [2.75, 3.05) is 22.9 Å². The van der Waals surface area contributed by atoms with E-state index in [-0.39, 0.29) is 0 Å². The zero-order valence-electron chi connectivity index (χ0n) is 15.5. The van der Waals surface area contributed by atoms with Gasteiger partial charge in [-0.1, -0.05) is 61.4 Å². The monoisotopic (exact) mass is 359 g/mol. The van der Waals surface area contributed by atoms with Gasteiger partial charge in [0.25, 0.3) is 5.95 Å². The van der Waals surface area contributed by atoms with Gasteiger partial charge in [0.2, 0.25) is 0 Å². The molecule has 0 spiro atoms. The second kappa shape index (κ2) is 8.62. The number of anilines is 3. The molecule has 0 aliphatic carbocycles. The van der Waals surface area contributed by atoms with Crippen LogP contribution in [0.15, 0.2) is 66.9 Å².